The summed E-state index contributed by atoms with van der Waals surface area (Å²) in [6, 6.07) is 0. The maximum atomic E-state index is 8.79. The SMILES string of the molecule is OCCCSCc1c(Cl)c(Cl)c(CSCCCO)c(Cl)c1Cl. The summed E-state index contributed by atoms with van der Waals surface area (Å²) < 4.78 is 0. The summed E-state index contributed by atoms with van der Waals surface area (Å²) in [5.41, 5.74) is 1.48. The molecular weight excluding hydrogens is 406 g/mol. The van der Waals surface area contributed by atoms with Crippen LogP contribution in [0.25, 0.3) is 0 Å². The number of thioether (sulfide) groups is 2. The molecule has 0 amide bonds. The highest BCUT2D eigenvalue weighted by atomic mass is 35.5. The lowest BCUT2D eigenvalue weighted by atomic mass is 10.1. The van der Waals surface area contributed by atoms with E-state index in [0.717, 1.165) is 35.5 Å². The highest BCUT2D eigenvalue weighted by Crippen LogP contribution is 2.43. The first kappa shape index (κ1) is 21.0. The molecule has 0 unspecified atom stereocenters. The van der Waals surface area contributed by atoms with Gasteiger partial charge in [-0.3, -0.25) is 0 Å². The topological polar surface area (TPSA) is 40.5 Å². The summed E-state index contributed by atoms with van der Waals surface area (Å²) in [6.07, 6.45) is 1.45. The maximum Gasteiger partial charge on any atom is 0.0651 e. The van der Waals surface area contributed by atoms with Crippen LogP contribution in [-0.2, 0) is 11.5 Å². The van der Waals surface area contributed by atoms with Crippen LogP contribution in [0.2, 0.25) is 20.1 Å². The third kappa shape index (κ3) is 6.14. The number of hydrogen-bond donors (Lipinski definition) is 2. The third-order valence-corrected chi connectivity index (χ3v) is 6.83. The molecule has 0 spiro atoms. The molecule has 0 atom stereocenters. The minimum Gasteiger partial charge on any atom is -0.396 e. The summed E-state index contributed by atoms with van der Waals surface area (Å²) in [6.45, 7) is 0.333. The predicted molar refractivity (Wildman–Crippen MR) is 102 cm³/mol. The third-order valence-electron chi connectivity index (χ3n) is 2.83. The molecule has 0 saturated carbocycles. The monoisotopic (exact) mass is 422 g/mol. The van der Waals surface area contributed by atoms with Crippen molar-refractivity contribution in [3.8, 4) is 0 Å². The zero-order valence-corrected chi connectivity index (χ0v) is 16.5. The Morgan fingerprint density at radius 2 is 0.955 bits per heavy atom. The van der Waals surface area contributed by atoms with Crippen LogP contribution in [0, 0.1) is 0 Å². The number of rotatable bonds is 10. The van der Waals surface area contributed by atoms with E-state index in [2.05, 4.69) is 0 Å². The number of aliphatic hydroxyl groups excluding tert-OH is 2. The average molecular weight is 424 g/mol. The highest BCUT2D eigenvalue weighted by Gasteiger charge is 2.20. The van der Waals surface area contributed by atoms with Gasteiger partial charge in [-0.05, 0) is 24.3 Å². The lowest BCUT2D eigenvalue weighted by molar-refractivity contribution is 0.296. The van der Waals surface area contributed by atoms with E-state index in [4.69, 9.17) is 56.6 Å². The minimum absolute atomic E-state index is 0.167. The molecule has 0 bridgehead atoms. The Balaban J connectivity index is 2.85. The zero-order chi connectivity index (χ0) is 16.5. The lowest BCUT2D eigenvalue weighted by Crippen LogP contribution is -1.96. The fourth-order valence-corrected chi connectivity index (χ4v) is 5.11. The molecule has 0 radical (unpaired) electrons. The Morgan fingerprint density at radius 1 is 0.636 bits per heavy atom. The molecule has 0 aliphatic carbocycles. The van der Waals surface area contributed by atoms with Gasteiger partial charge in [-0.2, -0.15) is 23.5 Å². The standard InChI is InChI=1S/C14H18Cl4O2S2/c15-11-9(7-21-5-1-3-19)12(16)14(18)10(13(11)17)8-22-6-2-4-20/h19-20H,1-8H2. The summed E-state index contributed by atoms with van der Waals surface area (Å²) in [7, 11) is 0. The van der Waals surface area contributed by atoms with Crippen molar-refractivity contribution in [2.75, 3.05) is 24.7 Å². The van der Waals surface area contributed by atoms with E-state index < -0.39 is 0 Å². The molecule has 126 valence electrons. The Bertz CT molecular complexity index is 414. The minimum atomic E-state index is 0.167. The molecule has 0 fully saturated rings. The molecule has 0 aliphatic rings. The highest BCUT2D eigenvalue weighted by molar-refractivity contribution is 7.98. The smallest absolute Gasteiger partial charge is 0.0651 e. The van der Waals surface area contributed by atoms with Crippen LogP contribution in [0.4, 0.5) is 0 Å². The Hall–Kier alpha value is 1.000. The fraction of sp³-hybridized carbons (Fsp3) is 0.571. The van der Waals surface area contributed by atoms with Gasteiger partial charge in [0, 0.05) is 35.8 Å². The van der Waals surface area contributed by atoms with Gasteiger partial charge in [0.25, 0.3) is 0 Å². The molecule has 22 heavy (non-hydrogen) atoms. The van der Waals surface area contributed by atoms with Crippen LogP contribution in [0.5, 0.6) is 0 Å². The van der Waals surface area contributed by atoms with E-state index in [1.807, 2.05) is 0 Å². The second kappa shape index (κ2) is 11.5. The molecule has 0 aliphatic heterocycles. The Labute approximate surface area is 159 Å². The number of hydrogen-bond acceptors (Lipinski definition) is 4. The van der Waals surface area contributed by atoms with E-state index >= 15 is 0 Å². The number of halogens is 4. The molecule has 8 heteroatoms. The molecule has 2 N–H and O–H groups in total. The second-order valence-electron chi connectivity index (χ2n) is 4.47. The largest absolute Gasteiger partial charge is 0.396 e. The summed E-state index contributed by atoms with van der Waals surface area (Å²) in [5, 5.41) is 19.4. The van der Waals surface area contributed by atoms with Crippen molar-refractivity contribution in [1.29, 1.82) is 0 Å². The fourth-order valence-electron chi connectivity index (χ4n) is 1.66. The first-order valence-electron chi connectivity index (χ1n) is 6.75. The summed E-state index contributed by atoms with van der Waals surface area (Å²) in [5.74, 6) is 2.85. The van der Waals surface area contributed by atoms with Gasteiger partial charge in [0.05, 0.1) is 20.1 Å². The van der Waals surface area contributed by atoms with Crippen molar-refractivity contribution in [2.24, 2.45) is 0 Å². The van der Waals surface area contributed by atoms with Crippen LogP contribution >= 0.6 is 69.9 Å². The predicted octanol–water partition coefficient (Wildman–Crippen LogP) is 5.53. The van der Waals surface area contributed by atoms with Crippen molar-refractivity contribution in [3.63, 3.8) is 0 Å². The second-order valence-corrected chi connectivity index (χ2v) is 8.19. The van der Waals surface area contributed by atoms with Gasteiger partial charge in [0.2, 0.25) is 0 Å². The van der Waals surface area contributed by atoms with Crippen molar-refractivity contribution >= 4 is 69.9 Å². The Kier molecular flexibility index (Phi) is 11.0. The molecule has 2 nitrogen and oxygen atoms in total. The van der Waals surface area contributed by atoms with E-state index in [-0.39, 0.29) is 13.2 Å². The van der Waals surface area contributed by atoms with E-state index in [1.165, 1.54) is 0 Å². The first-order chi connectivity index (χ1) is 10.5. The summed E-state index contributed by atoms with van der Waals surface area (Å²) in [4.78, 5) is 0. The molecule has 1 rings (SSSR count). The van der Waals surface area contributed by atoms with Gasteiger partial charge >= 0.3 is 0 Å². The van der Waals surface area contributed by atoms with Gasteiger partial charge in [-0.15, -0.1) is 0 Å². The number of aliphatic hydroxyl groups is 2. The Morgan fingerprint density at radius 3 is 1.23 bits per heavy atom. The van der Waals surface area contributed by atoms with Crippen LogP contribution in [-0.4, -0.2) is 34.9 Å². The van der Waals surface area contributed by atoms with E-state index in [0.29, 0.717) is 31.6 Å². The maximum absolute atomic E-state index is 8.79. The van der Waals surface area contributed by atoms with Crippen molar-refractivity contribution in [3.05, 3.63) is 31.2 Å². The molecular formula is C14H18Cl4O2S2. The van der Waals surface area contributed by atoms with E-state index in [9.17, 15) is 0 Å². The van der Waals surface area contributed by atoms with Crippen LogP contribution in [0.15, 0.2) is 0 Å². The molecule has 1 aromatic rings. The quantitative estimate of drug-likeness (QED) is 0.383. The van der Waals surface area contributed by atoms with Gasteiger partial charge < -0.3 is 10.2 Å². The van der Waals surface area contributed by atoms with Crippen LogP contribution in [0.3, 0.4) is 0 Å². The van der Waals surface area contributed by atoms with Gasteiger partial charge in [0.15, 0.2) is 0 Å². The van der Waals surface area contributed by atoms with Crippen molar-refractivity contribution in [1.82, 2.24) is 0 Å². The normalized spacial score (nSPS) is 11.2. The molecule has 0 aromatic heterocycles. The molecule has 1 aromatic carbocycles. The van der Waals surface area contributed by atoms with Gasteiger partial charge in [0.1, 0.15) is 0 Å². The average Bonchev–Trinajstić information content (AvgIpc) is 2.51. The number of benzene rings is 1. The van der Waals surface area contributed by atoms with Crippen LogP contribution in [0.1, 0.15) is 24.0 Å². The van der Waals surface area contributed by atoms with Crippen LogP contribution < -0.4 is 0 Å². The first-order valence-corrected chi connectivity index (χ1v) is 10.6. The van der Waals surface area contributed by atoms with Crippen molar-refractivity contribution < 1.29 is 10.2 Å². The van der Waals surface area contributed by atoms with Crippen molar-refractivity contribution in [2.45, 2.75) is 24.3 Å². The molecule has 0 saturated heterocycles. The van der Waals surface area contributed by atoms with Gasteiger partial charge in [-0.1, -0.05) is 46.4 Å². The van der Waals surface area contributed by atoms with Gasteiger partial charge in [-0.25, -0.2) is 0 Å². The molecule has 0 heterocycles. The van der Waals surface area contributed by atoms with E-state index in [1.54, 1.807) is 23.5 Å². The summed E-state index contributed by atoms with van der Waals surface area (Å²) >= 11 is 28.6. The lowest BCUT2D eigenvalue weighted by Gasteiger charge is -2.15. The zero-order valence-electron chi connectivity index (χ0n) is 11.9.